The minimum atomic E-state index is -4.26. The number of alkyl halides is 3. The molecule has 1 atom stereocenters. The Morgan fingerprint density at radius 2 is 1.39 bits per heavy atom. The Labute approximate surface area is 301 Å². The number of fused-ring (bicyclic) bond motifs is 1. The third kappa shape index (κ3) is 15.5. The smallest absolute Gasteiger partial charge is 0.270 e. The van der Waals surface area contributed by atoms with Crippen LogP contribution in [0.1, 0.15) is 66.3 Å². The van der Waals surface area contributed by atoms with Gasteiger partial charge in [0.05, 0.1) is 18.4 Å². The highest BCUT2D eigenvalue weighted by molar-refractivity contribution is 15.0. The van der Waals surface area contributed by atoms with E-state index in [2.05, 4.69) is 90.8 Å². The molecule has 4 aromatic carbocycles. The molecule has 0 radical (unpaired) electrons. The number of rotatable bonds is 11. The third-order valence-electron chi connectivity index (χ3n) is 6.95. The second kappa shape index (κ2) is 21.0. The van der Waals surface area contributed by atoms with Crippen LogP contribution in [0.2, 0.25) is 0 Å². The van der Waals surface area contributed by atoms with Crippen molar-refractivity contribution in [2.45, 2.75) is 64.5 Å². The number of aryl methyl sites for hydroxylation is 3. The van der Waals surface area contributed by atoms with Crippen LogP contribution in [0.3, 0.4) is 0 Å². The van der Waals surface area contributed by atoms with E-state index < -0.39 is 21.9 Å². The third-order valence-corrected chi connectivity index (χ3v) is 7.55. The first-order chi connectivity index (χ1) is 20.4. The Morgan fingerprint density at radius 1 is 0.795 bits per heavy atom. The molecule has 10 heteroatoms. The van der Waals surface area contributed by atoms with E-state index in [0.717, 1.165) is 50.0 Å². The summed E-state index contributed by atoms with van der Waals surface area (Å²) < 4.78 is 64.3. The SMILES string of the molecule is C[C@@H](CCCCc1cccc(C(F)(F)F)c1)c1cccc2ccccc12.Cc1cccc(CCCOS(C)(=O)=O)c1.I.II. The maximum atomic E-state index is 12.8. The zero-order valence-corrected chi connectivity index (χ0v) is 32.6. The Morgan fingerprint density at radius 3 is 2.05 bits per heavy atom. The van der Waals surface area contributed by atoms with Gasteiger partial charge in [-0.1, -0.05) is 104 Å². The van der Waals surface area contributed by atoms with Crippen LogP contribution in [-0.4, -0.2) is 21.3 Å². The van der Waals surface area contributed by atoms with Crippen LogP contribution in [0.25, 0.3) is 10.8 Å². The van der Waals surface area contributed by atoms with Crippen molar-refractivity contribution in [3.8, 4) is 0 Å². The van der Waals surface area contributed by atoms with Gasteiger partial charge in [-0.3, -0.25) is 4.18 Å². The molecule has 3 nitrogen and oxygen atoms in total. The van der Waals surface area contributed by atoms with Gasteiger partial charge in [-0.2, -0.15) is 21.6 Å². The van der Waals surface area contributed by atoms with Gasteiger partial charge in [0.2, 0.25) is 0 Å². The van der Waals surface area contributed by atoms with Crippen LogP contribution in [0, 0.1) is 6.92 Å². The maximum Gasteiger partial charge on any atom is 0.416 e. The topological polar surface area (TPSA) is 43.4 Å². The summed E-state index contributed by atoms with van der Waals surface area (Å²) in [4.78, 5) is 0. The Kier molecular flexibility index (Phi) is 19.6. The standard InChI is InChI=1S/C23H23F3.C11H16O3S.I2.HI/c1-17(21-15-7-12-19-11-4-5-14-22(19)21)8-2-3-9-18-10-6-13-20(16-18)23(24,25)26;1-10-5-3-6-11(9-10)7-4-8-14-15(2,12)13;1-2;/h4-7,10-17H,2-3,8-9H2,1H3;3,5-6,9H,4,7-8H2,1-2H3;;1H/t17-;;;/m0.../s1. The Bertz CT molecular complexity index is 1510. The van der Waals surface area contributed by atoms with Gasteiger partial charge in [0.25, 0.3) is 10.1 Å². The van der Waals surface area contributed by atoms with Crippen LogP contribution < -0.4 is 0 Å². The molecule has 242 valence electrons. The predicted molar refractivity (Wildman–Crippen MR) is 205 cm³/mol. The zero-order chi connectivity index (χ0) is 31.9. The van der Waals surface area contributed by atoms with Gasteiger partial charge < -0.3 is 0 Å². The van der Waals surface area contributed by atoms with Crippen molar-refractivity contribution in [2.24, 2.45) is 0 Å². The molecule has 0 spiro atoms. The number of hydrogen-bond donors (Lipinski definition) is 0. The van der Waals surface area contributed by atoms with Crippen LogP contribution in [0.15, 0.2) is 91.0 Å². The molecule has 0 aliphatic heterocycles. The van der Waals surface area contributed by atoms with E-state index in [9.17, 15) is 21.6 Å². The minimum absolute atomic E-state index is 0. The monoisotopic (exact) mass is 966 g/mol. The number of hydrogen-bond acceptors (Lipinski definition) is 3. The van der Waals surface area contributed by atoms with Gasteiger partial charge in [0.1, 0.15) is 0 Å². The molecule has 0 aliphatic carbocycles. The molecule has 0 aliphatic rings. The summed E-state index contributed by atoms with van der Waals surface area (Å²) in [5.74, 6) is 0.433. The van der Waals surface area contributed by atoms with Crippen LogP contribution in [0.4, 0.5) is 13.2 Å². The Balaban J connectivity index is 0.000000461. The summed E-state index contributed by atoms with van der Waals surface area (Å²) in [6.07, 6.45) is 1.99. The molecule has 0 unspecified atom stereocenters. The summed E-state index contributed by atoms with van der Waals surface area (Å²) >= 11 is 4.24. The van der Waals surface area contributed by atoms with Gasteiger partial charge in [-0.25, -0.2) is 0 Å². The van der Waals surface area contributed by atoms with Crippen LogP contribution in [0.5, 0.6) is 0 Å². The molecular weight excluding hydrogens is 926 g/mol. The first kappa shape index (κ1) is 41.1. The van der Waals surface area contributed by atoms with E-state index in [1.807, 2.05) is 31.2 Å². The molecule has 0 aromatic heterocycles. The molecule has 4 aromatic rings. The van der Waals surface area contributed by atoms with Crippen molar-refractivity contribution < 1.29 is 25.8 Å². The molecular formula is C34H40F3I3O3S. The van der Waals surface area contributed by atoms with E-state index in [1.54, 1.807) is 6.07 Å². The molecule has 0 N–H and O–H groups in total. The lowest BCUT2D eigenvalue weighted by atomic mass is 9.90. The molecule has 0 saturated heterocycles. The minimum Gasteiger partial charge on any atom is -0.270 e. The molecule has 0 bridgehead atoms. The summed E-state index contributed by atoms with van der Waals surface area (Å²) in [6, 6.07) is 28.6. The predicted octanol–water partition coefficient (Wildman–Crippen LogP) is 11.7. The summed E-state index contributed by atoms with van der Waals surface area (Å²) in [5, 5.41) is 2.54. The van der Waals surface area contributed by atoms with E-state index in [-0.39, 0.29) is 30.6 Å². The zero-order valence-electron chi connectivity index (χ0n) is 25.1. The summed E-state index contributed by atoms with van der Waals surface area (Å²) in [6.45, 7) is 4.52. The van der Waals surface area contributed by atoms with Gasteiger partial charge in [-0.15, -0.1) is 24.0 Å². The summed E-state index contributed by atoms with van der Waals surface area (Å²) in [7, 11) is -3.29. The Hall–Kier alpha value is -0.970. The van der Waals surface area contributed by atoms with E-state index in [4.69, 9.17) is 0 Å². The second-order valence-electron chi connectivity index (χ2n) is 10.5. The number of halogens is 6. The molecule has 4 rings (SSSR count). The van der Waals surface area contributed by atoms with Crippen molar-refractivity contribution in [3.63, 3.8) is 0 Å². The van der Waals surface area contributed by atoms with Gasteiger partial charge in [0, 0.05) is 37.2 Å². The van der Waals surface area contributed by atoms with Crippen molar-refractivity contribution in [2.75, 3.05) is 12.9 Å². The van der Waals surface area contributed by atoms with Crippen molar-refractivity contribution in [1.82, 2.24) is 0 Å². The fourth-order valence-corrected chi connectivity index (χ4v) is 5.29. The highest BCUT2D eigenvalue weighted by atomic mass is 128. The second-order valence-corrected chi connectivity index (χ2v) is 12.2. The van der Waals surface area contributed by atoms with Crippen molar-refractivity contribution in [1.29, 1.82) is 0 Å². The molecule has 0 fully saturated rings. The highest BCUT2D eigenvalue weighted by Crippen LogP contribution is 2.31. The lowest BCUT2D eigenvalue weighted by Gasteiger charge is -2.15. The van der Waals surface area contributed by atoms with E-state index >= 15 is 0 Å². The van der Waals surface area contributed by atoms with E-state index in [1.165, 1.54) is 39.6 Å². The molecule has 44 heavy (non-hydrogen) atoms. The van der Waals surface area contributed by atoms with Gasteiger partial charge in [-0.05, 0) is 78.5 Å². The fourth-order valence-electron chi connectivity index (χ4n) is 4.87. The lowest BCUT2D eigenvalue weighted by Crippen LogP contribution is -2.05. The fraction of sp³-hybridized carbons (Fsp3) is 0.353. The van der Waals surface area contributed by atoms with Gasteiger partial charge >= 0.3 is 6.18 Å². The van der Waals surface area contributed by atoms with Crippen molar-refractivity contribution >= 4 is 82.1 Å². The summed E-state index contributed by atoms with van der Waals surface area (Å²) in [5.41, 5.74) is 3.99. The van der Waals surface area contributed by atoms with E-state index in [0.29, 0.717) is 12.3 Å². The maximum absolute atomic E-state index is 12.8. The highest BCUT2D eigenvalue weighted by Gasteiger charge is 2.30. The average molecular weight is 966 g/mol. The van der Waals surface area contributed by atoms with Crippen LogP contribution in [-0.2, 0) is 33.3 Å². The quantitative estimate of drug-likeness (QED) is 0.0855. The largest absolute Gasteiger partial charge is 0.416 e. The average Bonchev–Trinajstić information content (AvgIpc) is 2.98. The van der Waals surface area contributed by atoms with Gasteiger partial charge in [0.15, 0.2) is 0 Å². The van der Waals surface area contributed by atoms with Crippen LogP contribution >= 0.6 is 61.2 Å². The number of benzene rings is 4. The molecule has 0 amide bonds. The normalized spacial score (nSPS) is 11.8. The number of unbranched alkanes of at least 4 members (excludes halogenated alkanes) is 1. The lowest BCUT2D eigenvalue weighted by molar-refractivity contribution is -0.137. The van der Waals surface area contributed by atoms with Crippen molar-refractivity contribution in [3.05, 3.63) is 119 Å². The molecule has 0 heterocycles. The first-order valence-electron chi connectivity index (χ1n) is 14.1. The first-order valence-corrected chi connectivity index (χ1v) is 22.2. The molecule has 0 saturated carbocycles.